The van der Waals surface area contributed by atoms with Gasteiger partial charge in [0.1, 0.15) is 5.54 Å². The molecule has 0 saturated carbocycles. The molecule has 1 spiro atoms. The Morgan fingerprint density at radius 3 is 2.61 bits per heavy atom. The van der Waals surface area contributed by atoms with Crippen molar-refractivity contribution in [1.82, 2.24) is 10.2 Å². The van der Waals surface area contributed by atoms with Gasteiger partial charge in [0.2, 0.25) is 17.7 Å². The monoisotopic (exact) mass is 483 g/mol. The molecule has 2 aromatic rings. The van der Waals surface area contributed by atoms with E-state index in [1.165, 1.54) is 4.90 Å². The minimum atomic E-state index is -1.28. The average Bonchev–Trinajstić information content (AvgIpc) is 3.37. The van der Waals surface area contributed by atoms with Gasteiger partial charge in [0, 0.05) is 18.2 Å². The van der Waals surface area contributed by atoms with Crippen molar-refractivity contribution < 1.29 is 14.4 Å². The fraction of sp³-hybridized carbons (Fsp3) is 0.400. The maximum absolute atomic E-state index is 13.8. The Kier molecular flexibility index (Phi) is 5.75. The van der Waals surface area contributed by atoms with Crippen LogP contribution in [0.1, 0.15) is 23.1 Å². The van der Waals surface area contributed by atoms with Crippen LogP contribution >= 0.6 is 23.4 Å². The van der Waals surface area contributed by atoms with Gasteiger partial charge < -0.3 is 5.32 Å². The lowest BCUT2D eigenvalue weighted by atomic mass is 9.76. The molecular weight excluding hydrogens is 458 g/mol. The predicted octanol–water partition coefficient (Wildman–Crippen LogP) is 3.36. The second kappa shape index (κ2) is 8.46. The Morgan fingerprint density at radius 2 is 1.88 bits per heavy atom. The van der Waals surface area contributed by atoms with Crippen molar-refractivity contribution in [3.8, 4) is 0 Å². The zero-order valence-corrected chi connectivity index (χ0v) is 20.1. The SMILES string of the molecule is CSCC[C@H]1N[C@@]2(C(=O)Nc3c(Cl)cc(C)cc32)[C@@H]2C(=O)N(CCc3ccccc3)C(=O)[C@@H]21. The third kappa shape index (κ3) is 3.40. The summed E-state index contributed by atoms with van der Waals surface area (Å²) in [7, 11) is 0. The van der Waals surface area contributed by atoms with Gasteiger partial charge in [0.25, 0.3) is 0 Å². The van der Waals surface area contributed by atoms with Crippen molar-refractivity contribution >= 4 is 46.8 Å². The molecule has 33 heavy (non-hydrogen) atoms. The van der Waals surface area contributed by atoms with Gasteiger partial charge in [0.05, 0.1) is 22.5 Å². The highest BCUT2D eigenvalue weighted by Crippen LogP contribution is 2.54. The summed E-state index contributed by atoms with van der Waals surface area (Å²) in [6.45, 7) is 2.22. The maximum Gasteiger partial charge on any atom is 0.250 e. The molecule has 3 amide bonds. The molecule has 5 rings (SSSR count). The molecule has 6 nitrogen and oxygen atoms in total. The van der Waals surface area contributed by atoms with Gasteiger partial charge in [0.15, 0.2) is 0 Å². The summed E-state index contributed by atoms with van der Waals surface area (Å²) in [4.78, 5) is 42.2. The van der Waals surface area contributed by atoms with Crippen LogP contribution in [0.5, 0.6) is 0 Å². The highest BCUT2D eigenvalue weighted by molar-refractivity contribution is 7.98. The minimum absolute atomic E-state index is 0.184. The van der Waals surface area contributed by atoms with Crippen LogP contribution in [0.2, 0.25) is 5.02 Å². The van der Waals surface area contributed by atoms with Gasteiger partial charge in [-0.15, -0.1) is 0 Å². The Hall–Kier alpha value is -2.35. The number of halogens is 1. The van der Waals surface area contributed by atoms with E-state index in [0.717, 1.165) is 16.9 Å². The normalized spacial score (nSPS) is 27.9. The molecule has 172 valence electrons. The van der Waals surface area contributed by atoms with Crippen molar-refractivity contribution in [3.05, 3.63) is 64.2 Å². The first-order chi connectivity index (χ1) is 15.9. The van der Waals surface area contributed by atoms with E-state index in [1.54, 1.807) is 17.8 Å². The Morgan fingerprint density at radius 1 is 1.12 bits per heavy atom. The van der Waals surface area contributed by atoms with Crippen LogP contribution in [-0.2, 0) is 26.3 Å². The molecule has 3 aliphatic heterocycles. The average molecular weight is 484 g/mol. The highest BCUT2D eigenvalue weighted by Gasteiger charge is 2.70. The standard InChI is InChI=1S/C25H26ClN3O3S/c1-14-12-16-21(17(26)13-14)27-24(32)25(16)20-19(18(28-25)9-11-33-2)22(30)29(23(20)31)10-8-15-6-4-3-5-7-15/h3-7,12-13,18-20,28H,8-11H2,1-2H3,(H,27,32)/t18-,19-,20+,25-/m1/s1. The summed E-state index contributed by atoms with van der Waals surface area (Å²) in [5, 5.41) is 6.81. The zero-order valence-electron chi connectivity index (χ0n) is 18.6. The Bertz CT molecular complexity index is 1140. The molecule has 3 aliphatic rings. The fourth-order valence-electron chi connectivity index (χ4n) is 5.65. The molecule has 8 heteroatoms. The predicted molar refractivity (Wildman–Crippen MR) is 130 cm³/mol. The van der Waals surface area contributed by atoms with Crippen LogP contribution in [0.15, 0.2) is 42.5 Å². The topological polar surface area (TPSA) is 78.5 Å². The molecular formula is C25H26ClN3O3S. The zero-order chi connectivity index (χ0) is 23.3. The van der Waals surface area contributed by atoms with Crippen LogP contribution in [-0.4, -0.2) is 47.2 Å². The molecule has 0 aromatic heterocycles. The molecule has 0 bridgehead atoms. The number of imide groups is 1. The number of likely N-dealkylation sites (tertiary alicyclic amines) is 1. The quantitative estimate of drug-likeness (QED) is 0.616. The van der Waals surface area contributed by atoms with E-state index in [2.05, 4.69) is 10.6 Å². The molecule has 4 atom stereocenters. The molecule has 3 heterocycles. The van der Waals surface area contributed by atoms with E-state index >= 15 is 0 Å². The van der Waals surface area contributed by atoms with Crippen molar-refractivity contribution in [2.75, 3.05) is 23.9 Å². The number of hydrogen-bond donors (Lipinski definition) is 2. The largest absolute Gasteiger partial charge is 0.323 e. The van der Waals surface area contributed by atoms with Crippen LogP contribution in [0.3, 0.4) is 0 Å². The number of amides is 3. The first-order valence-corrected chi connectivity index (χ1v) is 12.9. The van der Waals surface area contributed by atoms with E-state index in [0.29, 0.717) is 35.7 Å². The van der Waals surface area contributed by atoms with Crippen LogP contribution < -0.4 is 10.6 Å². The Labute approximate surface area is 202 Å². The van der Waals surface area contributed by atoms with Crippen molar-refractivity contribution in [2.24, 2.45) is 11.8 Å². The number of rotatable bonds is 6. The molecule has 2 saturated heterocycles. The summed E-state index contributed by atoms with van der Waals surface area (Å²) in [5.74, 6) is -1.30. The van der Waals surface area contributed by atoms with E-state index in [9.17, 15) is 14.4 Å². The molecule has 2 fully saturated rings. The first-order valence-electron chi connectivity index (χ1n) is 11.2. The number of hydrogen-bond acceptors (Lipinski definition) is 5. The second-order valence-electron chi connectivity index (χ2n) is 9.03. The number of anilines is 1. The van der Waals surface area contributed by atoms with Gasteiger partial charge in [-0.1, -0.05) is 48.0 Å². The lowest BCUT2D eigenvalue weighted by Gasteiger charge is -2.29. The van der Waals surface area contributed by atoms with Crippen LogP contribution in [0.4, 0.5) is 5.69 Å². The number of thioether (sulfide) groups is 1. The van der Waals surface area contributed by atoms with Gasteiger partial charge in [-0.25, -0.2) is 0 Å². The molecule has 0 radical (unpaired) electrons. The van der Waals surface area contributed by atoms with Gasteiger partial charge in [-0.2, -0.15) is 11.8 Å². The minimum Gasteiger partial charge on any atom is -0.323 e. The summed E-state index contributed by atoms with van der Waals surface area (Å²) in [6, 6.07) is 13.2. The summed E-state index contributed by atoms with van der Waals surface area (Å²) in [6.07, 6.45) is 3.29. The number of carbonyl (C=O) groups is 3. The van der Waals surface area contributed by atoms with Gasteiger partial charge in [-0.05, 0) is 49.0 Å². The van der Waals surface area contributed by atoms with E-state index in [4.69, 9.17) is 11.6 Å². The van der Waals surface area contributed by atoms with Gasteiger partial charge in [-0.3, -0.25) is 24.6 Å². The summed E-state index contributed by atoms with van der Waals surface area (Å²) in [5.41, 5.74) is 1.89. The lowest BCUT2D eigenvalue weighted by Crippen LogP contribution is -2.53. The van der Waals surface area contributed by atoms with Crippen LogP contribution in [0.25, 0.3) is 0 Å². The lowest BCUT2D eigenvalue weighted by molar-refractivity contribution is -0.142. The number of carbonyl (C=O) groups excluding carboxylic acids is 3. The van der Waals surface area contributed by atoms with Crippen molar-refractivity contribution in [3.63, 3.8) is 0 Å². The van der Waals surface area contributed by atoms with Gasteiger partial charge >= 0.3 is 0 Å². The van der Waals surface area contributed by atoms with E-state index in [1.807, 2.05) is 49.6 Å². The summed E-state index contributed by atoms with van der Waals surface area (Å²) >= 11 is 8.15. The third-order valence-electron chi connectivity index (χ3n) is 7.11. The number of nitrogens with zero attached hydrogens (tertiary/aromatic N) is 1. The molecule has 2 aromatic carbocycles. The smallest absolute Gasteiger partial charge is 0.250 e. The van der Waals surface area contributed by atoms with Crippen LogP contribution in [0, 0.1) is 18.8 Å². The molecule has 0 unspecified atom stereocenters. The second-order valence-corrected chi connectivity index (χ2v) is 10.4. The third-order valence-corrected chi connectivity index (χ3v) is 8.05. The Balaban J connectivity index is 1.55. The number of benzene rings is 2. The highest BCUT2D eigenvalue weighted by atomic mass is 35.5. The van der Waals surface area contributed by atoms with Crippen molar-refractivity contribution in [2.45, 2.75) is 31.3 Å². The summed E-state index contributed by atoms with van der Waals surface area (Å²) < 4.78 is 0. The van der Waals surface area contributed by atoms with E-state index < -0.39 is 17.4 Å². The van der Waals surface area contributed by atoms with Crippen molar-refractivity contribution in [1.29, 1.82) is 0 Å². The fourth-order valence-corrected chi connectivity index (χ4v) is 6.46. The molecule has 0 aliphatic carbocycles. The maximum atomic E-state index is 13.8. The molecule has 2 N–H and O–H groups in total. The number of fused-ring (bicyclic) bond motifs is 4. The number of aryl methyl sites for hydroxylation is 1. The first kappa shape index (κ1) is 22.4. The number of nitrogens with one attached hydrogen (secondary N) is 2. The van der Waals surface area contributed by atoms with E-state index in [-0.39, 0.29) is 23.8 Å².